The summed E-state index contributed by atoms with van der Waals surface area (Å²) in [6.07, 6.45) is 0.646. The summed E-state index contributed by atoms with van der Waals surface area (Å²) in [5.74, 6) is 0. The topological polar surface area (TPSA) is 46.2 Å². The third kappa shape index (κ3) is 2.14. The van der Waals surface area contributed by atoms with E-state index in [0.717, 1.165) is 5.56 Å². The lowest BCUT2D eigenvalue weighted by Crippen LogP contribution is -2.19. The van der Waals surface area contributed by atoms with Crippen LogP contribution in [0.2, 0.25) is 5.02 Å². The molecule has 0 saturated heterocycles. The van der Waals surface area contributed by atoms with E-state index in [0.29, 0.717) is 17.1 Å². The fraction of sp³-hybridized carbons (Fsp3) is 0.400. The van der Waals surface area contributed by atoms with Crippen molar-refractivity contribution in [1.29, 1.82) is 0 Å². The van der Waals surface area contributed by atoms with E-state index in [-0.39, 0.29) is 0 Å². The van der Waals surface area contributed by atoms with E-state index in [1.807, 2.05) is 6.92 Å². The van der Waals surface area contributed by atoms with Gasteiger partial charge in [0.25, 0.3) is 0 Å². The number of hydrogen-bond acceptors (Lipinski definition) is 2. The van der Waals surface area contributed by atoms with Gasteiger partial charge in [-0.1, -0.05) is 24.6 Å². The Morgan fingerprint density at radius 3 is 2.62 bits per heavy atom. The van der Waals surface area contributed by atoms with E-state index in [4.69, 9.17) is 17.3 Å². The summed E-state index contributed by atoms with van der Waals surface area (Å²) in [6, 6.07) is 5.22. The van der Waals surface area contributed by atoms with Gasteiger partial charge in [-0.05, 0) is 31.0 Å². The van der Waals surface area contributed by atoms with Crippen molar-refractivity contribution < 1.29 is 5.11 Å². The maximum absolute atomic E-state index is 9.91. The second kappa shape index (κ2) is 3.56. The SMILES string of the molecule is CCC(C)(O)c1ccc(N)c(Cl)c1. The molecule has 0 saturated carbocycles. The average Bonchev–Trinajstić information content (AvgIpc) is 2.09. The van der Waals surface area contributed by atoms with Crippen molar-refractivity contribution in [2.24, 2.45) is 0 Å². The summed E-state index contributed by atoms with van der Waals surface area (Å²) in [7, 11) is 0. The molecule has 3 N–H and O–H groups in total. The summed E-state index contributed by atoms with van der Waals surface area (Å²) >= 11 is 5.84. The Morgan fingerprint density at radius 1 is 1.54 bits per heavy atom. The second-order valence-electron chi connectivity index (χ2n) is 3.36. The van der Waals surface area contributed by atoms with Crippen LogP contribution in [0.5, 0.6) is 0 Å². The predicted molar refractivity (Wildman–Crippen MR) is 55.7 cm³/mol. The molecule has 0 fully saturated rings. The van der Waals surface area contributed by atoms with Crippen molar-refractivity contribution in [3.05, 3.63) is 28.8 Å². The van der Waals surface area contributed by atoms with E-state index in [2.05, 4.69) is 0 Å². The Morgan fingerprint density at radius 2 is 2.15 bits per heavy atom. The van der Waals surface area contributed by atoms with Gasteiger partial charge in [0, 0.05) is 0 Å². The van der Waals surface area contributed by atoms with Gasteiger partial charge < -0.3 is 10.8 Å². The molecule has 0 aliphatic rings. The highest BCUT2D eigenvalue weighted by Crippen LogP contribution is 2.28. The van der Waals surface area contributed by atoms with Gasteiger partial charge in [-0.2, -0.15) is 0 Å². The Kier molecular flexibility index (Phi) is 2.84. The molecule has 0 aliphatic heterocycles. The van der Waals surface area contributed by atoms with Gasteiger partial charge in [0.1, 0.15) is 0 Å². The van der Waals surface area contributed by atoms with Gasteiger partial charge in [0.2, 0.25) is 0 Å². The zero-order valence-corrected chi connectivity index (χ0v) is 8.60. The molecule has 0 spiro atoms. The lowest BCUT2D eigenvalue weighted by molar-refractivity contribution is 0.0531. The largest absolute Gasteiger partial charge is 0.398 e. The summed E-state index contributed by atoms with van der Waals surface area (Å²) in [5, 5.41) is 10.4. The maximum atomic E-state index is 9.91. The molecule has 1 atom stereocenters. The molecular formula is C10H14ClNO. The van der Waals surface area contributed by atoms with E-state index in [1.165, 1.54) is 0 Å². The molecular weight excluding hydrogens is 186 g/mol. The molecule has 72 valence electrons. The molecule has 0 radical (unpaired) electrons. The van der Waals surface area contributed by atoms with Crippen LogP contribution in [0.1, 0.15) is 25.8 Å². The molecule has 0 heterocycles. The first-order chi connectivity index (χ1) is 5.97. The number of hydrogen-bond donors (Lipinski definition) is 2. The third-order valence-corrected chi connectivity index (χ3v) is 2.64. The minimum absolute atomic E-state index is 0.492. The van der Waals surface area contributed by atoms with Gasteiger partial charge in [-0.15, -0.1) is 0 Å². The van der Waals surface area contributed by atoms with Crippen LogP contribution in [0.4, 0.5) is 5.69 Å². The molecule has 1 aromatic rings. The first-order valence-corrected chi connectivity index (χ1v) is 4.63. The molecule has 1 rings (SSSR count). The fourth-order valence-electron chi connectivity index (χ4n) is 1.07. The van der Waals surface area contributed by atoms with Crippen molar-refractivity contribution >= 4 is 17.3 Å². The second-order valence-corrected chi connectivity index (χ2v) is 3.77. The van der Waals surface area contributed by atoms with E-state index in [9.17, 15) is 5.11 Å². The maximum Gasteiger partial charge on any atom is 0.0866 e. The zero-order chi connectivity index (χ0) is 10.1. The molecule has 13 heavy (non-hydrogen) atoms. The predicted octanol–water partition coefficient (Wildman–Crippen LogP) is 2.54. The van der Waals surface area contributed by atoms with Crippen LogP contribution >= 0.6 is 11.6 Å². The highest BCUT2D eigenvalue weighted by Gasteiger charge is 2.20. The number of halogens is 1. The molecule has 3 heteroatoms. The Hall–Kier alpha value is -0.730. The van der Waals surface area contributed by atoms with Crippen molar-refractivity contribution in [2.75, 3.05) is 5.73 Å². The van der Waals surface area contributed by atoms with Crippen LogP contribution in [-0.4, -0.2) is 5.11 Å². The van der Waals surface area contributed by atoms with Gasteiger partial charge in [-0.25, -0.2) is 0 Å². The summed E-state index contributed by atoms with van der Waals surface area (Å²) < 4.78 is 0. The van der Waals surface area contributed by atoms with Crippen LogP contribution in [0.15, 0.2) is 18.2 Å². The van der Waals surface area contributed by atoms with Crippen LogP contribution < -0.4 is 5.73 Å². The van der Waals surface area contributed by atoms with Crippen molar-refractivity contribution in [2.45, 2.75) is 25.9 Å². The van der Waals surface area contributed by atoms with Crippen LogP contribution in [0.3, 0.4) is 0 Å². The number of anilines is 1. The van der Waals surface area contributed by atoms with E-state index in [1.54, 1.807) is 25.1 Å². The number of nitrogens with two attached hydrogens (primary N) is 1. The van der Waals surface area contributed by atoms with Crippen LogP contribution in [-0.2, 0) is 5.60 Å². The summed E-state index contributed by atoms with van der Waals surface area (Å²) in [6.45, 7) is 3.68. The first-order valence-electron chi connectivity index (χ1n) is 4.25. The van der Waals surface area contributed by atoms with Crippen molar-refractivity contribution in [1.82, 2.24) is 0 Å². The highest BCUT2D eigenvalue weighted by atomic mass is 35.5. The lowest BCUT2D eigenvalue weighted by Gasteiger charge is -2.22. The average molecular weight is 200 g/mol. The summed E-state index contributed by atoms with van der Waals surface area (Å²) in [5.41, 5.74) is 6.08. The molecule has 2 nitrogen and oxygen atoms in total. The quantitative estimate of drug-likeness (QED) is 0.720. The fourth-order valence-corrected chi connectivity index (χ4v) is 1.25. The molecule has 0 aliphatic carbocycles. The van der Waals surface area contributed by atoms with Crippen molar-refractivity contribution in [3.63, 3.8) is 0 Å². The lowest BCUT2D eigenvalue weighted by atomic mass is 9.93. The Bertz CT molecular complexity index is 310. The standard InChI is InChI=1S/C10H14ClNO/c1-3-10(2,13)7-4-5-9(12)8(11)6-7/h4-6,13H,3,12H2,1-2H3. The summed E-state index contributed by atoms with van der Waals surface area (Å²) in [4.78, 5) is 0. The monoisotopic (exact) mass is 199 g/mol. The minimum Gasteiger partial charge on any atom is -0.398 e. The van der Waals surface area contributed by atoms with E-state index < -0.39 is 5.60 Å². The van der Waals surface area contributed by atoms with Crippen molar-refractivity contribution in [3.8, 4) is 0 Å². The number of nitrogen functional groups attached to an aromatic ring is 1. The normalized spacial score (nSPS) is 15.4. The molecule has 1 aromatic carbocycles. The smallest absolute Gasteiger partial charge is 0.0866 e. The highest BCUT2D eigenvalue weighted by molar-refractivity contribution is 6.33. The Labute approximate surface area is 83.3 Å². The first kappa shape index (κ1) is 10.4. The van der Waals surface area contributed by atoms with E-state index >= 15 is 0 Å². The number of aliphatic hydroxyl groups is 1. The molecule has 0 amide bonds. The Balaban J connectivity index is 3.10. The van der Waals surface area contributed by atoms with Crippen LogP contribution in [0.25, 0.3) is 0 Å². The van der Waals surface area contributed by atoms with Gasteiger partial charge in [0.15, 0.2) is 0 Å². The zero-order valence-electron chi connectivity index (χ0n) is 7.84. The van der Waals surface area contributed by atoms with Gasteiger partial charge >= 0.3 is 0 Å². The third-order valence-electron chi connectivity index (χ3n) is 2.31. The van der Waals surface area contributed by atoms with Gasteiger partial charge in [-0.3, -0.25) is 0 Å². The molecule has 0 bridgehead atoms. The van der Waals surface area contributed by atoms with Gasteiger partial charge in [0.05, 0.1) is 16.3 Å². The molecule has 1 unspecified atom stereocenters. The molecule has 0 aromatic heterocycles. The number of benzene rings is 1. The van der Waals surface area contributed by atoms with Crippen LogP contribution in [0, 0.1) is 0 Å². The minimum atomic E-state index is -0.822. The number of rotatable bonds is 2.